The van der Waals surface area contributed by atoms with Gasteiger partial charge in [0.1, 0.15) is 18.3 Å². The fourth-order valence-electron chi connectivity index (χ4n) is 6.47. The third-order valence-electron chi connectivity index (χ3n) is 8.41. The van der Waals surface area contributed by atoms with Crippen LogP contribution in [-0.2, 0) is 38.1 Å². The first kappa shape index (κ1) is 28.1. The number of carbonyl (C=O) groups excluding carboxylic acids is 4. The Morgan fingerprint density at radius 2 is 1.58 bits per heavy atom. The number of aliphatic hydroxyl groups excluding tert-OH is 1. The van der Waals surface area contributed by atoms with E-state index in [1.54, 1.807) is 26.8 Å². The Labute approximate surface area is 211 Å². The highest BCUT2D eigenvalue weighted by Gasteiger charge is 2.68. The maximum Gasteiger partial charge on any atom is 0.312 e. The molecular formula is C26H38O10. The van der Waals surface area contributed by atoms with E-state index in [1.165, 1.54) is 27.7 Å². The van der Waals surface area contributed by atoms with E-state index in [4.69, 9.17) is 18.9 Å². The highest BCUT2D eigenvalue weighted by atomic mass is 16.6. The van der Waals surface area contributed by atoms with E-state index in [9.17, 15) is 29.4 Å². The first-order valence-corrected chi connectivity index (χ1v) is 12.4. The van der Waals surface area contributed by atoms with E-state index in [0.29, 0.717) is 12.8 Å². The van der Waals surface area contributed by atoms with Crippen LogP contribution in [0, 0.1) is 23.2 Å². The number of aliphatic hydroxyl groups is 2. The molecule has 0 radical (unpaired) electrons. The lowest BCUT2D eigenvalue weighted by atomic mass is 9.52. The van der Waals surface area contributed by atoms with Gasteiger partial charge in [-0.05, 0) is 38.7 Å². The van der Waals surface area contributed by atoms with Crippen molar-refractivity contribution in [1.82, 2.24) is 0 Å². The minimum atomic E-state index is -2.00. The third-order valence-corrected chi connectivity index (χ3v) is 8.41. The molecule has 0 bridgehead atoms. The van der Waals surface area contributed by atoms with E-state index in [1.807, 2.05) is 0 Å². The Hall–Kier alpha value is -2.46. The van der Waals surface area contributed by atoms with Crippen molar-refractivity contribution in [2.24, 2.45) is 23.2 Å². The summed E-state index contributed by atoms with van der Waals surface area (Å²) in [6.45, 7) is 10.5. The van der Waals surface area contributed by atoms with Crippen molar-refractivity contribution in [3.8, 4) is 0 Å². The van der Waals surface area contributed by atoms with Gasteiger partial charge in [-0.1, -0.05) is 19.4 Å². The average molecular weight is 511 g/mol. The Morgan fingerprint density at radius 3 is 2.14 bits per heavy atom. The fourth-order valence-corrected chi connectivity index (χ4v) is 6.47. The summed E-state index contributed by atoms with van der Waals surface area (Å²) >= 11 is 0. The molecule has 3 rings (SSSR count). The maximum absolute atomic E-state index is 12.7. The normalized spacial score (nSPS) is 44.1. The molecular weight excluding hydrogens is 472 g/mol. The molecule has 10 atom stereocenters. The first-order valence-electron chi connectivity index (χ1n) is 12.4. The van der Waals surface area contributed by atoms with E-state index < -0.39 is 83.2 Å². The molecule has 2 fully saturated rings. The van der Waals surface area contributed by atoms with Crippen LogP contribution in [0.3, 0.4) is 0 Å². The van der Waals surface area contributed by atoms with Crippen molar-refractivity contribution in [3.63, 3.8) is 0 Å². The van der Waals surface area contributed by atoms with Crippen molar-refractivity contribution in [1.29, 1.82) is 0 Å². The average Bonchev–Trinajstić information content (AvgIpc) is 2.97. The number of hydrogen-bond acceptors (Lipinski definition) is 10. The minimum absolute atomic E-state index is 0.0555. The summed E-state index contributed by atoms with van der Waals surface area (Å²) in [4.78, 5) is 49.6. The molecule has 36 heavy (non-hydrogen) atoms. The number of carbonyl (C=O) groups is 4. The summed E-state index contributed by atoms with van der Waals surface area (Å²) in [5.41, 5.74) is -2.44. The Kier molecular flexibility index (Phi) is 7.91. The zero-order chi connectivity index (χ0) is 27.2. The van der Waals surface area contributed by atoms with Gasteiger partial charge in [-0.2, -0.15) is 0 Å². The van der Waals surface area contributed by atoms with Gasteiger partial charge in [0.2, 0.25) is 0 Å². The van der Waals surface area contributed by atoms with Gasteiger partial charge in [0, 0.05) is 38.5 Å². The Balaban J connectivity index is 2.36. The fraction of sp³-hybridized carbons (Fsp3) is 0.769. The molecule has 1 unspecified atom stereocenters. The molecule has 2 N–H and O–H groups in total. The molecule has 0 spiro atoms. The van der Waals surface area contributed by atoms with E-state index in [0.717, 1.165) is 5.57 Å². The lowest BCUT2D eigenvalue weighted by Gasteiger charge is -2.58. The maximum atomic E-state index is 12.7. The summed E-state index contributed by atoms with van der Waals surface area (Å²) in [7, 11) is 0. The number of ether oxygens (including phenoxy) is 4. The van der Waals surface area contributed by atoms with Gasteiger partial charge >= 0.3 is 23.9 Å². The van der Waals surface area contributed by atoms with Gasteiger partial charge in [-0.25, -0.2) is 0 Å². The number of esters is 4. The molecule has 0 aromatic heterocycles. The summed E-state index contributed by atoms with van der Waals surface area (Å²) in [5.74, 6) is -5.08. The summed E-state index contributed by atoms with van der Waals surface area (Å²) in [6, 6.07) is 0. The van der Waals surface area contributed by atoms with E-state index in [-0.39, 0.29) is 6.42 Å². The molecule has 1 heterocycles. The van der Waals surface area contributed by atoms with Crippen molar-refractivity contribution >= 4 is 23.9 Å². The number of hydrogen-bond donors (Lipinski definition) is 2. The molecule has 1 saturated heterocycles. The lowest BCUT2D eigenvalue weighted by Crippen LogP contribution is -2.68. The second-order valence-electron chi connectivity index (χ2n) is 10.8. The Bertz CT molecular complexity index is 943. The van der Waals surface area contributed by atoms with Crippen molar-refractivity contribution < 1.29 is 48.3 Å². The SMILES string of the molecule is CC(=O)OC1[C@H]2[C@H](C)[C@@H](O)C[C@@H](OC(C)=O)[C@]2(C)[C@@H](OC(C)=O)CC/C(C)=C\[C@@H]2OC(=O)[C@H](C)[C@@]12O. The molecule has 10 heteroatoms. The van der Waals surface area contributed by atoms with Crippen LogP contribution >= 0.6 is 0 Å². The van der Waals surface area contributed by atoms with Crippen LogP contribution in [-0.4, -0.2) is 70.2 Å². The van der Waals surface area contributed by atoms with Crippen molar-refractivity contribution in [2.45, 2.75) is 104 Å². The monoisotopic (exact) mass is 510 g/mol. The summed E-state index contributed by atoms with van der Waals surface area (Å²) in [6.07, 6.45) is -2.79. The number of fused-ring (bicyclic) bond motifs is 2. The largest absolute Gasteiger partial charge is 0.462 e. The minimum Gasteiger partial charge on any atom is -0.462 e. The standard InChI is InChI=1S/C26H38O10/c1-12-8-9-19(33-15(4)27)25(7)20(34-16(5)28)11-18(30)13(2)22(25)23(35-17(6)29)26(32)14(3)24(31)36-21(26)10-12/h10,13-14,18-23,30,32H,8-9,11H2,1-7H3/b12-10-/t13-,14+,18+,19+,20-,21+,22-,23?,25+,26+/m1/s1. The molecule has 0 aromatic rings. The van der Waals surface area contributed by atoms with Crippen molar-refractivity contribution in [3.05, 3.63) is 11.6 Å². The molecule has 1 saturated carbocycles. The van der Waals surface area contributed by atoms with Gasteiger partial charge in [0.15, 0.2) is 11.7 Å². The first-order chi connectivity index (χ1) is 16.6. The van der Waals surface area contributed by atoms with E-state index >= 15 is 0 Å². The quantitative estimate of drug-likeness (QED) is 0.328. The van der Waals surface area contributed by atoms with Crippen LogP contribution in [0.25, 0.3) is 0 Å². The molecule has 10 nitrogen and oxygen atoms in total. The van der Waals surface area contributed by atoms with Crippen molar-refractivity contribution in [2.75, 3.05) is 0 Å². The van der Waals surface area contributed by atoms with Crippen LogP contribution in [0.4, 0.5) is 0 Å². The topological polar surface area (TPSA) is 146 Å². The molecule has 2 aliphatic carbocycles. The van der Waals surface area contributed by atoms with Crippen LogP contribution in [0.5, 0.6) is 0 Å². The zero-order valence-corrected chi connectivity index (χ0v) is 22.0. The van der Waals surface area contributed by atoms with Gasteiger partial charge in [0.05, 0.1) is 12.0 Å². The number of allylic oxidation sites excluding steroid dienone is 1. The van der Waals surface area contributed by atoms with Gasteiger partial charge in [-0.3, -0.25) is 19.2 Å². The molecule has 3 aliphatic rings. The summed E-state index contributed by atoms with van der Waals surface area (Å²) in [5, 5.41) is 23.3. The Morgan fingerprint density at radius 1 is 1.03 bits per heavy atom. The second-order valence-corrected chi connectivity index (χ2v) is 10.8. The molecule has 202 valence electrons. The molecule has 0 aromatic carbocycles. The highest BCUT2D eigenvalue weighted by molar-refractivity contribution is 5.77. The second kappa shape index (κ2) is 10.1. The highest BCUT2D eigenvalue weighted by Crippen LogP contribution is 2.56. The molecule has 0 amide bonds. The predicted octanol–water partition coefficient (Wildman–Crippen LogP) is 1.84. The van der Waals surface area contributed by atoms with Gasteiger partial charge in [0.25, 0.3) is 0 Å². The van der Waals surface area contributed by atoms with Gasteiger partial charge in [-0.15, -0.1) is 0 Å². The van der Waals surface area contributed by atoms with Crippen LogP contribution < -0.4 is 0 Å². The molecule has 1 aliphatic heterocycles. The summed E-state index contributed by atoms with van der Waals surface area (Å²) < 4.78 is 22.9. The zero-order valence-electron chi connectivity index (χ0n) is 22.0. The van der Waals surface area contributed by atoms with E-state index in [2.05, 4.69) is 0 Å². The van der Waals surface area contributed by atoms with Crippen LogP contribution in [0.1, 0.15) is 67.7 Å². The predicted molar refractivity (Wildman–Crippen MR) is 125 cm³/mol. The smallest absolute Gasteiger partial charge is 0.312 e. The van der Waals surface area contributed by atoms with Crippen LogP contribution in [0.15, 0.2) is 11.6 Å². The lowest BCUT2D eigenvalue weighted by molar-refractivity contribution is -0.250. The third kappa shape index (κ3) is 4.77. The van der Waals surface area contributed by atoms with Gasteiger partial charge < -0.3 is 29.2 Å². The number of rotatable bonds is 3. The van der Waals surface area contributed by atoms with Crippen LogP contribution in [0.2, 0.25) is 0 Å².